The van der Waals surface area contributed by atoms with Crippen LogP contribution in [0.4, 0.5) is 0 Å². The van der Waals surface area contributed by atoms with Crippen LogP contribution in [0.1, 0.15) is 12.5 Å². The summed E-state index contributed by atoms with van der Waals surface area (Å²) in [6, 6.07) is 7.26. The van der Waals surface area contributed by atoms with Gasteiger partial charge in [-0.3, -0.25) is 9.59 Å². The van der Waals surface area contributed by atoms with E-state index in [0.717, 1.165) is 10.5 Å². The SMILES string of the molecule is CCN(C)C(=O)CSc1ccc(CC(=O)O)cc1. The third-order valence-electron chi connectivity index (χ3n) is 2.54. The van der Waals surface area contributed by atoms with E-state index in [-0.39, 0.29) is 12.3 Å². The van der Waals surface area contributed by atoms with E-state index in [1.54, 1.807) is 24.1 Å². The summed E-state index contributed by atoms with van der Waals surface area (Å²) in [4.78, 5) is 24.8. The van der Waals surface area contributed by atoms with Gasteiger partial charge in [-0.2, -0.15) is 0 Å². The van der Waals surface area contributed by atoms with Gasteiger partial charge in [0.2, 0.25) is 5.91 Å². The number of carboxylic acids is 1. The fourth-order valence-corrected chi connectivity index (χ4v) is 2.15. The van der Waals surface area contributed by atoms with Crippen LogP contribution in [0, 0.1) is 0 Å². The molecule has 1 amide bonds. The summed E-state index contributed by atoms with van der Waals surface area (Å²) in [5.74, 6) is -0.338. The van der Waals surface area contributed by atoms with Crippen molar-refractivity contribution in [3.63, 3.8) is 0 Å². The molecule has 0 saturated carbocycles. The molecule has 0 heterocycles. The molecule has 0 aliphatic heterocycles. The average Bonchev–Trinajstić information content (AvgIpc) is 2.36. The average molecular weight is 267 g/mol. The lowest BCUT2D eigenvalue weighted by Gasteiger charge is -2.13. The molecular weight excluding hydrogens is 250 g/mol. The van der Waals surface area contributed by atoms with E-state index in [0.29, 0.717) is 12.3 Å². The Labute approximate surface area is 111 Å². The van der Waals surface area contributed by atoms with E-state index >= 15 is 0 Å². The van der Waals surface area contributed by atoms with Gasteiger partial charge in [0.25, 0.3) is 0 Å². The van der Waals surface area contributed by atoms with Crippen LogP contribution in [0.2, 0.25) is 0 Å². The zero-order valence-corrected chi connectivity index (χ0v) is 11.4. The molecule has 0 radical (unpaired) electrons. The van der Waals surface area contributed by atoms with Crippen molar-refractivity contribution in [3.05, 3.63) is 29.8 Å². The fraction of sp³-hybridized carbons (Fsp3) is 0.385. The monoisotopic (exact) mass is 267 g/mol. The van der Waals surface area contributed by atoms with E-state index in [4.69, 9.17) is 5.11 Å². The summed E-state index contributed by atoms with van der Waals surface area (Å²) < 4.78 is 0. The molecule has 0 bridgehead atoms. The Hall–Kier alpha value is -1.49. The van der Waals surface area contributed by atoms with Crippen LogP contribution in [0.5, 0.6) is 0 Å². The van der Waals surface area contributed by atoms with Gasteiger partial charge in [-0.1, -0.05) is 12.1 Å². The Kier molecular flexibility index (Phi) is 5.71. The summed E-state index contributed by atoms with van der Waals surface area (Å²) >= 11 is 1.46. The van der Waals surface area contributed by atoms with Gasteiger partial charge < -0.3 is 10.0 Å². The van der Waals surface area contributed by atoms with Crippen molar-refractivity contribution in [2.24, 2.45) is 0 Å². The molecular formula is C13H17NO3S. The van der Waals surface area contributed by atoms with Crippen molar-refractivity contribution in [1.82, 2.24) is 4.90 Å². The first-order chi connectivity index (χ1) is 8.52. The number of nitrogens with zero attached hydrogens (tertiary/aromatic N) is 1. The highest BCUT2D eigenvalue weighted by molar-refractivity contribution is 8.00. The number of carbonyl (C=O) groups is 2. The minimum atomic E-state index is -0.838. The summed E-state index contributed by atoms with van der Waals surface area (Å²) in [5, 5.41) is 8.65. The van der Waals surface area contributed by atoms with Gasteiger partial charge in [-0.25, -0.2) is 0 Å². The molecule has 1 aromatic carbocycles. The highest BCUT2D eigenvalue weighted by Crippen LogP contribution is 2.19. The number of hydrogen-bond acceptors (Lipinski definition) is 3. The molecule has 1 rings (SSSR count). The lowest BCUT2D eigenvalue weighted by Crippen LogP contribution is -2.27. The second-order valence-corrected chi connectivity index (χ2v) is 4.96. The van der Waals surface area contributed by atoms with Gasteiger partial charge in [0.1, 0.15) is 0 Å². The predicted molar refractivity (Wildman–Crippen MR) is 71.8 cm³/mol. The fourth-order valence-electron chi connectivity index (χ4n) is 1.31. The van der Waals surface area contributed by atoms with Gasteiger partial charge in [0, 0.05) is 18.5 Å². The smallest absolute Gasteiger partial charge is 0.307 e. The summed E-state index contributed by atoms with van der Waals surface area (Å²) in [5.41, 5.74) is 0.767. The molecule has 0 aliphatic carbocycles. The Morgan fingerprint density at radius 1 is 1.28 bits per heavy atom. The number of benzene rings is 1. The number of hydrogen-bond donors (Lipinski definition) is 1. The minimum absolute atomic E-state index is 0.0302. The van der Waals surface area contributed by atoms with Crippen molar-refractivity contribution >= 4 is 23.6 Å². The summed E-state index contributed by atoms with van der Waals surface area (Å²) in [6.45, 7) is 2.64. The maximum absolute atomic E-state index is 11.6. The van der Waals surface area contributed by atoms with Crippen molar-refractivity contribution in [2.75, 3.05) is 19.3 Å². The van der Waals surface area contributed by atoms with Crippen LogP contribution in [-0.4, -0.2) is 41.2 Å². The van der Waals surface area contributed by atoms with E-state index in [1.165, 1.54) is 11.8 Å². The number of thioether (sulfide) groups is 1. The molecule has 0 unspecified atom stereocenters. The maximum Gasteiger partial charge on any atom is 0.307 e. The molecule has 0 spiro atoms. The lowest BCUT2D eigenvalue weighted by atomic mass is 10.2. The molecule has 5 heteroatoms. The molecule has 0 saturated heterocycles. The Morgan fingerprint density at radius 2 is 1.89 bits per heavy atom. The Balaban J connectivity index is 2.49. The largest absolute Gasteiger partial charge is 0.481 e. The number of carbonyl (C=O) groups excluding carboxylic acids is 1. The summed E-state index contributed by atoms with van der Waals surface area (Å²) in [7, 11) is 1.78. The third kappa shape index (κ3) is 4.79. The van der Waals surface area contributed by atoms with Crippen LogP contribution in [0.25, 0.3) is 0 Å². The van der Waals surface area contributed by atoms with Crippen LogP contribution in [0.15, 0.2) is 29.2 Å². The zero-order valence-electron chi connectivity index (χ0n) is 10.5. The van der Waals surface area contributed by atoms with Crippen molar-refractivity contribution in [1.29, 1.82) is 0 Å². The minimum Gasteiger partial charge on any atom is -0.481 e. The molecule has 0 fully saturated rings. The number of rotatable bonds is 6. The van der Waals surface area contributed by atoms with E-state index in [9.17, 15) is 9.59 Å². The number of amides is 1. The number of aliphatic carboxylic acids is 1. The first-order valence-corrected chi connectivity index (χ1v) is 6.69. The quantitative estimate of drug-likeness (QED) is 0.800. The first-order valence-electron chi connectivity index (χ1n) is 5.70. The molecule has 0 atom stereocenters. The highest BCUT2D eigenvalue weighted by atomic mass is 32.2. The first kappa shape index (κ1) is 14.6. The second kappa shape index (κ2) is 7.06. The van der Waals surface area contributed by atoms with Gasteiger partial charge in [-0.15, -0.1) is 11.8 Å². The van der Waals surface area contributed by atoms with E-state index < -0.39 is 5.97 Å². The Morgan fingerprint density at radius 3 is 2.39 bits per heavy atom. The third-order valence-corrected chi connectivity index (χ3v) is 3.54. The maximum atomic E-state index is 11.6. The molecule has 4 nitrogen and oxygen atoms in total. The van der Waals surface area contributed by atoms with Crippen molar-refractivity contribution in [2.45, 2.75) is 18.2 Å². The molecule has 98 valence electrons. The van der Waals surface area contributed by atoms with Crippen molar-refractivity contribution < 1.29 is 14.7 Å². The van der Waals surface area contributed by atoms with Crippen molar-refractivity contribution in [3.8, 4) is 0 Å². The molecule has 18 heavy (non-hydrogen) atoms. The normalized spacial score (nSPS) is 10.1. The van der Waals surface area contributed by atoms with Gasteiger partial charge >= 0.3 is 5.97 Å². The van der Waals surface area contributed by atoms with Gasteiger partial charge in [0.15, 0.2) is 0 Å². The molecule has 1 N–H and O–H groups in total. The molecule has 0 aromatic heterocycles. The standard InChI is InChI=1S/C13H17NO3S/c1-3-14(2)12(15)9-18-11-6-4-10(5-7-11)8-13(16)17/h4-7H,3,8-9H2,1-2H3,(H,16,17). The Bertz CT molecular complexity index is 417. The summed E-state index contributed by atoms with van der Waals surface area (Å²) in [6.07, 6.45) is 0.0302. The van der Waals surface area contributed by atoms with Crippen LogP contribution < -0.4 is 0 Å². The molecule has 0 aliphatic rings. The predicted octanol–water partition coefficient (Wildman–Crippen LogP) is 1.88. The van der Waals surface area contributed by atoms with E-state index in [1.807, 2.05) is 19.1 Å². The van der Waals surface area contributed by atoms with Crippen LogP contribution in [-0.2, 0) is 16.0 Å². The van der Waals surface area contributed by atoms with Crippen LogP contribution >= 0.6 is 11.8 Å². The lowest BCUT2D eigenvalue weighted by molar-refractivity contribution is -0.136. The van der Waals surface area contributed by atoms with Crippen LogP contribution in [0.3, 0.4) is 0 Å². The van der Waals surface area contributed by atoms with Gasteiger partial charge in [-0.05, 0) is 24.6 Å². The number of carboxylic acid groups (broad SMARTS) is 1. The highest BCUT2D eigenvalue weighted by Gasteiger charge is 2.07. The second-order valence-electron chi connectivity index (χ2n) is 3.91. The zero-order chi connectivity index (χ0) is 13.5. The van der Waals surface area contributed by atoms with E-state index in [2.05, 4.69) is 0 Å². The molecule has 1 aromatic rings. The van der Waals surface area contributed by atoms with Gasteiger partial charge in [0.05, 0.1) is 12.2 Å². The topological polar surface area (TPSA) is 57.6 Å².